The molecule has 0 N–H and O–H groups in total. The Labute approximate surface area is 80.2 Å². The topological polar surface area (TPSA) is 0 Å². The molecule has 0 aliphatic carbocycles. The highest BCUT2D eigenvalue weighted by Gasteiger charge is 2.30. The molecule has 0 unspecified atom stereocenters. The van der Waals surface area contributed by atoms with Crippen LogP contribution in [0, 0.1) is 11.8 Å². The minimum atomic E-state index is 0.689. The smallest absolute Gasteiger partial charge is 0.0753 e. The van der Waals surface area contributed by atoms with Crippen LogP contribution in [0.4, 0.5) is 0 Å². The number of rotatable bonds is 4. The van der Waals surface area contributed by atoms with Crippen LogP contribution in [0.5, 0.6) is 0 Å². The van der Waals surface area contributed by atoms with Gasteiger partial charge in [0.2, 0.25) is 16.3 Å². The van der Waals surface area contributed by atoms with E-state index in [0.29, 0.717) is 4.28 Å². The van der Waals surface area contributed by atoms with Gasteiger partial charge in [0, 0.05) is 0 Å². The number of hydrogen-bond donors (Lipinski definition) is 0. The summed E-state index contributed by atoms with van der Waals surface area (Å²) >= 11 is 1.35. The fourth-order valence-electron chi connectivity index (χ4n) is 1.78. The van der Waals surface area contributed by atoms with Crippen molar-refractivity contribution in [3.63, 3.8) is 0 Å². The van der Waals surface area contributed by atoms with E-state index < -0.39 is 0 Å². The molecular weight excluding hydrogens is 147 g/mol. The third-order valence-electron chi connectivity index (χ3n) is 3.43. The molecule has 0 spiro atoms. The summed E-state index contributed by atoms with van der Waals surface area (Å²) in [6.07, 6.45) is 2.77. The zero-order chi connectivity index (χ0) is 9.07. The van der Waals surface area contributed by atoms with Gasteiger partial charge in [0.25, 0.3) is 0 Å². The summed E-state index contributed by atoms with van der Waals surface area (Å²) in [5, 5.41) is 0. The van der Waals surface area contributed by atoms with Crippen LogP contribution in [0.1, 0.15) is 47.5 Å². The maximum atomic E-state index is 2.38. The fraction of sp³-hybridized carbons (Fsp3) is 1.00. The predicted octanol–water partition coefficient (Wildman–Crippen LogP) is 2.89. The van der Waals surface area contributed by atoms with Crippen LogP contribution in [-0.2, 0) is 0 Å². The Balaban J connectivity index is 4.26. The van der Waals surface area contributed by atoms with Crippen molar-refractivity contribution in [2.24, 2.45) is 11.8 Å². The summed E-state index contributed by atoms with van der Waals surface area (Å²) in [5.41, 5.74) is 0. The normalized spacial score (nSPS) is 13.0. The number of hydrogen-bond acceptors (Lipinski definition) is 0. The van der Waals surface area contributed by atoms with Gasteiger partial charge in [-0.3, -0.25) is 0 Å². The van der Waals surface area contributed by atoms with Crippen LogP contribution in [-0.4, -0.2) is 16.3 Å². The molecule has 0 amide bonds. The van der Waals surface area contributed by atoms with E-state index in [-0.39, 0.29) is 0 Å². The Morgan fingerprint density at radius 1 is 1.09 bits per heavy atom. The Bertz CT molecular complexity index is 97.4. The molecule has 0 rings (SSSR count). The van der Waals surface area contributed by atoms with Crippen molar-refractivity contribution in [2.75, 3.05) is 0 Å². The Kier molecular flexibility index (Phi) is 4.75. The van der Waals surface area contributed by atoms with Crippen molar-refractivity contribution >= 4 is 16.3 Å². The lowest BCUT2D eigenvalue weighted by Crippen LogP contribution is -2.25. The van der Waals surface area contributed by atoms with Crippen LogP contribution in [0.25, 0.3) is 0 Å². The molecule has 11 heavy (non-hydrogen) atoms. The summed E-state index contributed by atoms with van der Waals surface area (Å²) in [6.45, 7) is 11.8. The first kappa shape index (κ1) is 11.5. The van der Waals surface area contributed by atoms with E-state index in [4.69, 9.17) is 0 Å². The van der Waals surface area contributed by atoms with Crippen molar-refractivity contribution in [2.45, 2.75) is 51.7 Å². The van der Waals surface area contributed by atoms with Crippen LogP contribution in [0.3, 0.4) is 0 Å². The minimum absolute atomic E-state index is 0.689. The molecule has 0 heterocycles. The second kappa shape index (κ2) is 4.53. The minimum Gasteiger partial charge on any atom is -0.0753 e. The standard InChI is InChI=1S/C10H21.Al.2H/c1-6-7-10(8(2)3)9(4)5;;;/h8-9H,6-7H2,1-5H3;;;. The van der Waals surface area contributed by atoms with Crippen LogP contribution in [0.15, 0.2) is 0 Å². The highest BCUT2D eigenvalue weighted by Crippen LogP contribution is 2.44. The van der Waals surface area contributed by atoms with Gasteiger partial charge in [-0.2, -0.15) is 0 Å². The Hall–Kier alpha value is 0.532. The van der Waals surface area contributed by atoms with E-state index in [2.05, 4.69) is 34.6 Å². The van der Waals surface area contributed by atoms with Crippen molar-refractivity contribution in [1.82, 2.24) is 0 Å². The van der Waals surface area contributed by atoms with Gasteiger partial charge < -0.3 is 0 Å². The quantitative estimate of drug-likeness (QED) is 0.569. The van der Waals surface area contributed by atoms with Gasteiger partial charge in [-0.15, -0.1) is 0 Å². The molecule has 0 aliphatic heterocycles. The largest absolute Gasteiger partial charge is 0.222 e. The SMILES string of the molecule is CCC[C]([AlH2])(C(C)C)C(C)C. The van der Waals surface area contributed by atoms with Crippen molar-refractivity contribution in [3.8, 4) is 0 Å². The molecule has 0 aromatic rings. The molecule has 66 valence electrons. The average molecular weight is 170 g/mol. The lowest BCUT2D eigenvalue weighted by Gasteiger charge is -2.38. The van der Waals surface area contributed by atoms with E-state index in [0.717, 1.165) is 11.8 Å². The van der Waals surface area contributed by atoms with Crippen molar-refractivity contribution in [1.29, 1.82) is 0 Å². The van der Waals surface area contributed by atoms with Crippen LogP contribution >= 0.6 is 0 Å². The van der Waals surface area contributed by atoms with E-state index in [1.165, 1.54) is 29.1 Å². The fourth-order valence-corrected chi connectivity index (χ4v) is 2.28. The first-order valence-corrected chi connectivity index (χ1v) is 5.95. The zero-order valence-corrected chi connectivity index (χ0v) is 11.1. The molecule has 0 aromatic heterocycles. The van der Waals surface area contributed by atoms with Gasteiger partial charge in [-0.25, -0.2) is 0 Å². The molecule has 0 bridgehead atoms. The van der Waals surface area contributed by atoms with Gasteiger partial charge in [0.05, 0.1) is 0 Å². The molecule has 0 fully saturated rings. The molecule has 0 nitrogen and oxygen atoms in total. The van der Waals surface area contributed by atoms with Crippen LogP contribution in [0.2, 0.25) is 4.28 Å². The van der Waals surface area contributed by atoms with E-state index in [9.17, 15) is 0 Å². The second-order valence-electron chi connectivity index (χ2n) is 4.57. The molecule has 0 atom stereocenters. The second-order valence-corrected chi connectivity index (χ2v) is 6.43. The lowest BCUT2D eigenvalue weighted by molar-refractivity contribution is 0.291. The predicted molar refractivity (Wildman–Crippen MR) is 55.8 cm³/mol. The molecule has 0 saturated carbocycles. The molecule has 0 aromatic carbocycles. The first-order valence-electron chi connectivity index (χ1n) is 4.95. The van der Waals surface area contributed by atoms with Gasteiger partial charge in [-0.1, -0.05) is 63.6 Å². The third-order valence-corrected chi connectivity index (χ3v) is 6.24. The first-order chi connectivity index (χ1) is 4.95. The highest BCUT2D eigenvalue weighted by atomic mass is 27.0. The van der Waals surface area contributed by atoms with Crippen molar-refractivity contribution < 1.29 is 0 Å². The Morgan fingerprint density at radius 3 is 1.55 bits per heavy atom. The van der Waals surface area contributed by atoms with Gasteiger partial charge in [-0.05, 0) is 0 Å². The maximum absolute atomic E-state index is 2.38. The summed E-state index contributed by atoms with van der Waals surface area (Å²) in [6, 6.07) is 0. The van der Waals surface area contributed by atoms with Gasteiger partial charge in [0.15, 0.2) is 0 Å². The van der Waals surface area contributed by atoms with Gasteiger partial charge >= 0.3 is 0 Å². The summed E-state index contributed by atoms with van der Waals surface area (Å²) in [4.78, 5) is 0. The summed E-state index contributed by atoms with van der Waals surface area (Å²) < 4.78 is 0.689. The molecular formula is C10H23Al. The van der Waals surface area contributed by atoms with Crippen molar-refractivity contribution in [3.05, 3.63) is 0 Å². The monoisotopic (exact) mass is 170 g/mol. The maximum Gasteiger partial charge on any atom is 0.222 e. The summed E-state index contributed by atoms with van der Waals surface area (Å²) in [5.74, 6) is 1.74. The molecule has 0 saturated heterocycles. The average Bonchev–Trinajstić information content (AvgIpc) is 1.87. The zero-order valence-electron chi connectivity index (χ0n) is 9.07. The third kappa shape index (κ3) is 2.81. The van der Waals surface area contributed by atoms with Crippen LogP contribution < -0.4 is 0 Å². The molecule has 0 aliphatic rings. The van der Waals surface area contributed by atoms with E-state index in [1.807, 2.05) is 0 Å². The highest BCUT2D eigenvalue weighted by molar-refractivity contribution is 6.15. The lowest BCUT2D eigenvalue weighted by atomic mass is 9.81. The van der Waals surface area contributed by atoms with E-state index in [1.54, 1.807) is 0 Å². The summed E-state index contributed by atoms with van der Waals surface area (Å²) in [7, 11) is 0. The van der Waals surface area contributed by atoms with E-state index >= 15 is 0 Å². The molecule has 0 radical (unpaired) electrons. The molecule has 1 heteroatoms. The Morgan fingerprint density at radius 2 is 1.45 bits per heavy atom. The van der Waals surface area contributed by atoms with Gasteiger partial charge in [0.1, 0.15) is 0 Å².